The lowest BCUT2D eigenvalue weighted by Gasteiger charge is -2.08. The normalized spacial score (nSPS) is 12.5. The van der Waals surface area contributed by atoms with Crippen LogP contribution in [0, 0.1) is 13.8 Å². The molecule has 0 amide bonds. The molecule has 0 aromatic carbocycles. The van der Waals surface area contributed by atoms with Crippen LogP contribution in [0.3, 0.4) is 0 Å². The van der Waals surface area contributed by atoms with Gasteiger partial charge < -0.3 is 11.7 Å². The highest BCUT2D eigenvalue weighted by Gasteiger charge is 2.17. The molecule has 0 saturated heterocycles. The molecule has 4 N–H and O–H groups in total. The number of aromatic nitrogens is 2. The molecule has 2 aromatic heterocycles. The van der Waals surface area contributed by atoms with Crippen LogP contribution in [0.1, 0.15) is 22.8 Å². The van der Waals surface area contributed by atoms with E-state index in [1.54, 1.807) is 12.1 Å². The lowest BCUT2D eigenvalue weighted by molar-refractivity contribution is 1.14. The average Bonchev–Trinajstić information content (AvgIpc) is 2.44. The van der Waals surface area contributed by atoms with Gasteiger partial charge in [0.05, 0.1) is 11.4 Å². The van der Waals surface area contributed by atoms with Crippen molar-refractivity contribution in [1.82, 2.24) is 9.97 Å². The Balaban J connectivity index is 2.50. The molecule has 0 radical (unpaired) electrons. The van der Waals surface area contributed by atoms with Crippen LogP contribution in [-0.2, 0) is 0 Å². The fourth-order valence-electron chi connectivity index (χ4n) is 1.85. The Morgan fingerprint density at radius 2 is 1.20 bits per heavy atom. The summed E-state index contributed by atoms with van der Waals surface area (Å²) in [6.45, 7) is 3.78. The van der Waals surface area contributed by atoms with Crippen LogP contribution in [-0.4, -0.2) is 21.4 Å². The van der Waals surface area contributed by atoms with Crippen molar-refractivity contribution in [3.63, 3.8) is 0 Å². The van der Waals surface area contributed by atoms with Gasteiger partial charge in [-0.15, -0.1) is 0 Å². The van der Waals surface area contributed by atoms with E-state index in [1.807, 2.05) is 38.1 Å². The molecule has 2 heterocycles. The van der Waals surface area contributed by atoms with Crippen LogP contribution in [0.15, 0.2) is 46.6 Å². The highest BCUT2D eigenvalue weighted by atomic mass is 15.2. The maximum absolute atomic E-state index is 5.49. The van der Waals surface area contributed by atoms with Gasteiger partial charge in [-0.2, -0.15) is 10.2 Å². The molecule has 0 saturated carbocycles. The van der Waals surface area contributed by atoms with Gasteiger partial charge in [0.2, 0.25) is 0 Å². The Labute approximate surface area is 117 Å². The van der Waals surface area contributed by atoms with Gasteiger partial charge in [-0.3, -0.25) is 9.97 Å². The summed E-state index contributed by atoms with van der Waals surface area (Å²) in [5.41, 5.74) is 3.76. The zero-order chi connectivity index (χ0) is 14.5. The molecule has 0 aliphatic heterocycles. The quantitative estimate of drug-likeness (QED) is 0.494. The van der Waals surface area contributed by atoms with Crippen LogP contribution in [0.25, 0.3) is 0 Å². The number of rotatable bonds is 3. The summed E-state index contributed by atoms with van der Waals surface area (Å²) in [6, 6.07) is 11.1. The number of hydrazone groups is 2. The maximum Gasteiger partial charge on any atom is 0.138 e. The number of pyridine rings is 2. The van der Waals surface area contributed by atoms with Gasteiger partial charge in [0.15, 0.2) is 0 Å². The molecule has 6 nitrogen and oxygen atoms in total. The van der Waals surface area contributed by atoms with E-state index in [1.165, 1.54) is 0 Å². The Bertz CT molecular complexity index is 615. The Morgan fingerprint density at radius 3 is 1.50 bits per heavy atom. The van der Waals surface area contributed by atoms with Gasteiger partial charge in [-0.25, -0.2) is 0 Å². The standard InChI is InChI=1S/C14H16N6/c1-9-5-3-7-11(17-9)13(19-15)14(20-16)12-8-4-6-10(2)18-12/h3-8H,15-16H2,1-2H3. The maximum atomic E-state index is 5.49. The first-order valence-electron chi connectivity index (χ1n) is 6.10. The van der Waals surface area contributed by atoms with Gasteiger partial charge in [0.25, 0.3) is 0 Å². The molecule has 0 fully saturated rings. The molecule has 102 valence electrons. The number of hydrogen-bond donors (Lipinski definition) is 2. The van der Waals surface area contributed by atoms with E-state index in [9.17, 15) is 0 Å². The van der Waals surface area contributed by atoms with Crippen LogP contribution in [0.2, 0.25) is 0 Å². The molecule has 0 aliphatic carbocycles. The third-order valence-corrected chi connectivity index (χ3v) is 2.74. The van der Waals surface area contributed by atoms with E-state index in [2.05, 4.69) is 20.2 Å². The number of aryl methyl sites for hydroxylation is 2. The molecule has 2 aromatic rings. The fourth-order valence-corrected chi connectivity index (χ4v) is 1.85. The van der Waals surface area contributed by atoms with Gasteiger partial charge in [0.1, 0.15) is 11.4 Å². The second-order valence-corrected chi connectivity index (χ2v) is 4.28. The smallest absolute Gasteiger partial charge is 0.138 e. The largest absolute Gasteiger partial charge is 0.323 e. The highest BCUT2D eigenvalue weighted by Crippen LogP contribution is 2.07. The first kappa shape index (κ1) is 13.7. The van der Waals surface area contributed by atoms with Crippen LogP contribution >= 0.6 is 0 Å². The topological polar surface area (TPSA) is 103 Å². The summed E-state index contributed by atoms with van der Waals surface area (Å²) in [6.07, 6.45) is 0. The Morgan fingerprint density at radius 1 is 0.800 bits per heavy atom. The van der Waals surface area contributed by atoms with Gasteiger partial charge in [0, 0.05) is 11.4 Å². The summed E-state index contributed by atoms with van der Waals surface area (Å²) in [4.78, 5) is 8.77. The van der Waals surface area contributed by atoms with Crippen molar-refractivity contribution in [1.29, 1.82) is 0 Å². The first-order chi connectivity index (χ1) is 9.65. The molecule has 2 rings (SSSR count). The summed E-state index contributed by atoms with van der Waals surface area (Å²) >= 11 is 0. The van der Waals surface area contributed by atoms with E-state index in [-0.39, 0.29) is 0 Å². The van der Waals surface area contributed by atoms with E-state index in [4.69, 9.17) is 11.7 Å². The lowest BCUT2D eigenvalue weighted by atomic mass is 10.1. The molecule has 6 heteroatoms. The minimum absolute atomic E-state index is 0.411. The van der Waals surface area contributed by atoms with Gasteiger partial charge in [-0.1, -0.05) is 12.1 Å². The zero-order valence-corrected chi connectivity index (χ0v) is 11.4. The highest BCUT2D eigenvalue weighted by molar-refractivity contribution is 6.52. The molecule has 0 aliphatic rings. The second kappa shape index (κ2) is 5.92. The van der Waals surface area contributed by atoms with E-state index in [0.29, 0.717) is 22.8 Å². The average molecular weight is 268 g/mol. The van der Waals surface area contributed by atoms with E-state index < -0.39 is 0 Å². The Hall–Kier alpha value is -2.76. The summed E-state index contributed by atoms with van der Waals surface area (Å²) in [5, 5.41) is 7.56. The molecule has 0 unspecified atom stereocenters. The molecule has 0 spiro atoms. The first-order valence-corrected chi connectivity index (χ1v) is 6.10. The molecular formula is C14H16N6. The minimum atomic E-state index is 0.411. The van der Waals surface area contributed by atoms with Crippen molar-refractivity contribution >= 4 is 11.4 Å². The SMILES string of the molecule is Cc1cccc(C(=NN)C(=NN)c2cccc(C)n2)n1. The minimum Gasteiger partial charge on any atom is -0.323 e. The predicted octanol–water partition coefficient (Wildman–Crippen LogP) is 1.12. The molecule has 0 bridgehead atoms. The van der Waals surface area contributed by atoms with Crippen LogP contribution in [0.4, 0.5) is 0 Å². The van der Waals surface area contributed by atoms with Crippen molar-refractivity contribution in [2.45, 2.75) is 13.8 Å². The summed E-state index contributed by atoms with van der Waals surface area (Å²) in [5.74, 6) is 11.0. The number of nitrogens with two attached hydrogens (primary N) is 2. The lowest BCUT2D eigenvalue weighted by Crippen LogP contribution is -2.23. The molecular weight excluding hydrogens is 252 g/mol. The fraction of sp³-hybridized carbons (Fsp3) is 0.143. The monoisotopic (exact) mass is 268 g/mol. The van der Waals surface area contributed by atoms with Crippen molar-refractivity contribution in [2.75, 3.05) is 0 Å². The van der Waals surface area contributed by atoms with Crippen molar-refractivity contribution in [3.05, 3.63) is 59.2 Å². The van der Waals surface area contributed by atoms with Crippen LogP contribution < -0.4 is 11.7 Å². The van der Waals surface area contributed by atoms with E-state index >= 15 is 0 Å². The van der Waals surface area contributed by atoms with Gasteiger partial charge in [-0.05, 0) is 38.1 Å². The predicted molar refractivity (Wildman–Crippen MR) is 79.4 cm³/mol. The van der Waals surface area contributed by atoms with E-state index in [0.717, 1.165) is 11.4 Å². The molecule has 20 heavy (non-hydrogen) atoms. The summed E-state index contributed by atoms with van der Waals surface area (Å²) < 4.78 is 0. The van der Waals surface area contributed by atoms with Crippen molar-refractivity contribution in [2.24, 2.45) is 21.9 Å². The second-order valence-electron chi connectivity index (χ2n) is 4.28. The Kier molecular flexibility index (Phi) is 4.05. The third kappa shape index (κ3) is 2.80. The van der Waals surface area contributed by atoms with Gasteiger partial charge >= 0.3 is 0 Å². The summed E-state index contributed by atoms with van der Waals surface area (Å²) in [7, 11) is 0. The number of hydrogen-bond acceptors (Lipinski definition) is 6. The number of nitrogens with zero attached hydrogens (tertiary/aromatic N) is 4. The van der Waals surface area contributed by atoms with Crippen molar-refractivity contribution in [3.8, 4) is 0 Å². The van der Waals surface area contributed by atoms with Crippen LogP contribution in [0.5, 0.6) is 0 Å². The third-order valence-electron chi connectivity index (χ3n) is 2.74. The van der Waals surface area contributed by atoms with Crippen molar-refractivity contribution < 1.29 is 0 Å². The molecule has 0 atom stereocenters. The zero-order valence-electron chi connectivity index (χ0n) is 11.4.